The van der Waals surface area contributed by atoms with Gasteiger partial charge in [-0.3, -0.25) is 14.0 Å². The van der Waals surface area contributed by atoms with Crippen molar-refractivity contribution in [3.8, 4) is 5.75 Å². The maximum Gasteiger partial charge on any atom is 0.270 e. The zero-order valence-corrected chi connectivity index (χ0v) is 11.8. The molecule has 1 N–H and O–H groups in total. The van der Waals surface area contributed by atoms with Crippen LogP contribution in [0.3, 0.4) is 0 Å². The Labute approximate surface area is 126 Å². The second-order valence-electron chi connectivity index (χ2n) is 4.59. The van der Waals surface area contributed by atoms with Crippen LogP contribution in [0.2, 0.25) is 0 Å². The van der Waals surface area contributed by atoms with Crippen LogP contribution in [0.15, 0.2) is 59.7 Å². The molecule has 2 aromatic heterocycles. The lowest BCUT2D eigenvalue weighted by Gasteiger charge is -2.07. The summed E-state index contributed by atoms with van der Waals surface area (Å²) in [5.74, 6) is 0.107. The van der Waals surface area contributed by atoms with Crippen LogP contribution in [-0.4, -0.2) is 22.4 Å². The highest BCUT2D eigenvalue weighted by atomic mass is 16.5. The highest BCUT2D eigenvalue weighted by Crippen LogP contribution is 2.17. The minimum absolute atomic E-state index is 0.0217. The Bertz CT molecular complexity index is 902. The molecule has 22 heavy (non-hydrogen) atoms. The Morgan fingerprint density at radius 2 is 2.09 bits per heavy atom. The van der Waals surface area contributed by atoms with Crippen molar-refractivity contribution in [1.29, 1.82) is 0 Å². The molecule has 0 spiro atoms. The van der Waals surface area contributed by atoms with Crippen molar-refractivity contribution >= 4 is 17.2 Å². The summed E-state index contributed by atoms with van der Waals surface area (Å²) < 4.78 is 6.43. The Hall–Kier alpha value is -3.15. The van der Waals surface area contributed by atoms with Crippen LogP contribution in [0.4, 0.5) is 5.69 Å². The molecule has 110 valence electrons. The van der Waals surface area contributed by atoms with Crippen LogP contribution in [0, 0.1) is 0 Å². The van der Waals surface area contributed by atoms with Crippen molar-refractivity contribution < 1.29 is 9.53 Å². The van der Waals surface area contributed by atoms with Gasteiger partial charge in [0.1, 0.15) is 17.0 Å². The number of amides is 1. The second kappa shape index (κ2) is 5.69. The number of hydrogen-bond acceptors (Lipinski definition) is 4. The number of nitrogens with zero attached hydrogens (tertiary/aromatic N) is 2. The van der Waals surface area contributed by atoms with Crippen molar-refractivity contribution in [3.05, 3.63) is 70.8 Å². The van der Waals surface area contributed by atoms with E-state index in [1.54, 1.807) is 55.8 Å². The minimum Gasteiger partial charge on any atom is -0.497 e. The first-order chi connectivity index (χ1) is 10.7. The fourth-order valence-corrected chi connectivity index (χ4v) is 2.08. The largest absolute Gasteiger partial charge is 0.497 e. The highest BCUT2D eigenvalue weighted by molar-refractivity contribution is 6.04. The number of pyridine rings is 1. The summed E-state index contributed by atoms with van der Waals surface area (Å²) in [6.45, 7) is 0. The van der Waals surface area contributed by atoms with Gasteiger partial charge < -0.3 is 10.1 Å². The average molecular weight is 295 g/mol. The average Bonchev–Trinajstić information content (AvgIpc) is 2.55. The maximum absolute atomic E-state index is 12.3. The fraction of sp³-hybridized carbons (Fsp3) is 0.0625. The van der Waals surface area contributed by atoms with Gasteiger partial charge in [0.25, 0.3) is 11.5 Å². The van der Waals surface area contributed by atoms with Gasteiger partial charge in [0, 0.05) is 24.1 Å². The van der Waals surface area contributed by atoms with E-state index in [0.29, 0.717) is 17.1 Å². The molecule has 1 aromatic carbocycles. The normalized spacial score (nSPS) is 10.4. The molecule has 0 unspecified atom stereocenters. The number of nitrogens with one attached hydrogen (secondary N) is 1. The number of fused-ring (bicyclic) bond motifs is 1. The van der Waals surface area contributed by atoms with E-state index in [0.717, 1.165) is 0 Å². The first-order valence-electron chi connectivity index (χ1n) is 6.61. The number of carbonyl (C=O) groups is 1. The third-order valence-electron chi connectivity index (χ3n) is 3.19. The molecular weight excluding hydrogens is 282 g/mol. The number of ether oxygens (including phenoxy) is 1. The van der Waals surface area contributed by atoms with Crippen LogP contribution in [0.25, 0.3) is 5.65 Å². The second-order valence-corrected chi connectivity index (χ2v) is 4.59. The van der Waals surface area contributed by atoms with E-state index >= 15 is 0 Å². The molecule has 0 aliphatic carbocycles. The first kappa shape index (κ1) is 13.8. The van der Waals surface area contributed by atoms with Gasteiger partial charge in [0.2, 0.25) is 0 Å². The lowest BCUT2D eigenvalue weighted by Crippen LogP contribution is -2.26. The van der Waals surface area contributed by atoms with Crippen LogP contribution in [0.5, 0.6) is 5.75 Å². The van der Waals surface area contributed by atoms with Crippen LogP contribution in [0.1, 0.15) is 10.4 Å². The Morgan fingerprint density at radius 3 is 2.91 bits per heavy atom. The van der Waals surface area contributed by atoms with Crippen molar-refractivity contribution in [2.75, 3.05) is 12.4 Å². The van der Waals surface area contributed by atoms with Gasteiger partial charge in [-0.05, 0) is 24.3 Å². The Balaban J connectivity index is 1.95. The van der Waals surface area contributed by atoms with Gasteiger partial charge >= 0.3 is 0 Å². The topological polar surface area (TPSA) is 72.7 Å². The van der Waals surface area contributed by atoms with Crippen LogP contribution < -0.4 is 15.6 Å². The molecule has 0 fully saturated rings. The predicted octanol–water partition coefficient (Wildman–Crippen LogP) is 1.96. The van der Waals surface area contributed by atoms with Crippen molar-refractivity contribution in [2.45, 2.75) is 0 Å². The maximum atomic E-state index is 12.3. The first-order valence-corrected chi connectivity index (χ1v) is 6.61. The van der Waals surface area contributed by atoms with E-state index in [9.17, 15) is 9.59 Å². The molecular formula is C16H13N3O3. The standard InChI is InChI=1S/C16H13N3O3/c1-22-12-6-4-5-11(9-12)18-15(20)13-10-17-14-7-2-3-8-19(14)16(13)21/h2-10H,1H3,(H,18,20). The fourth-order valence-electron chi connectivity index (χ4n) is 2.08. The third-order valence-corrected chi connectivity index (χ3v) is 3.19. The molecule has 2 heterocycles. The summed E-state index contributed by atoms with van der Waals surface area (Å²) >= 11 is 0. The lowest BCUT2D eigenvalue weighted by molar-refractivity contribution is 0.102. The summed E-state index contributed by atoms with van der Waals surface area (Å²) in [7, 11) is 1.54. The molecule has 3 rings (SSSR count). The van der Waals surface area contributed by atoms with Crippen LogP contribution in [-0.2, 0) is 0 Å². The zero-order valence-electron chi connectivity index (χ0n) is 11.8. The van der Waals surface area contributed by atoms with Crippen molar-refractivity contribution in [2.24, 2.45) is 0 Å². The molecule has 0 radical (unpaired) electrons. The van der Waals surface area contributed by atoms with E-state index in [2.05, 4.69) is 10.3 Å². The Morgan fingerprint density at radius 1 is 1.23 bits per heavy atom. The summed E-state index contributed by atoms with van der Waals surface area (Å²) in [5.41, 5.74) is 0.602. The van der Waals surface area contributed by atoms with Crippen molar-refractivity contribution in [3.63, 3.8) is 0 Å². The van der Waals surface area contributed by atoms with E-state index in [4.69, 9.17) is 4.74 Å². The van der Waals surface area contributed by atoms with Crippen molar-refractivity contribution in [1.82, 2.24) is 9.38 Å². The Kier molecular flexibility index (Phi) is 3.57. The van der Waals surface area contributed by atoms with Gasteiger partial charge in [-0.15, -0.1) is 0 Å². The third kappa shape index (κ3) is 2.54. The molecule has 0 aliphatic rings. The van der Waals surface area contributed by atoms with E-state index < -0.39 is 11.5 Å². The zero-order chi connectivity index (χ0) is 15.5. The summed E-state index contributed by atoms with van der Waals surface area (Å²) in [6.07, 6.45) is 2.86. The summed E-state index contributed by atoms with van der Waals surface area (Å²) in [6, 6.07) is 12.1. The number of hydrogen-bond donors (Lipinski definition) is 1. The van der Waals surface area contributed by atoms with E-state index in [1.165, 1.54) is 10.6 Å². The summed E-state index contributed by atoms with van der Waals surface area (Å²) in [5, 5.41) is 2.67. The molecule has 0 saturated carbocycles. The number of aromatic nitrogens is 2. The SMILES string of the molecule is COc1cccc(NC(=O)c2cnc3ccccn3c2=O)c1. The quantitative estimate of drug-likeness (QED) is 0.801. The predicted molar refractivity (Wildman–Crippen MR) is 82.4 cm³/mol. The molecule has 3 aromatic rings. The number of rotatable bonds is 3. The minimum atomic E-state index is -0.510. The van der Waals surface area contributed by atoms with Gasteiger partial charge in [-0.1, -0.05) is 12.1 Å². The smallest absolute Gasteiger partial charge is 0.270 e. The molecule has 6 nitrogen and oxygen atoms in total. The van der Waals surface area contributed by atoms with Gasteiger partial charge in [-0.25, -0.2) is 4.98 Å². The molecule has 0 saturated heterocycles. The van der Waals surface area contributed by atoms with E-state index in [-0.39, 0.29) is 5.56 Å². The molecule has 0 aliphatic heterocycles. The van der Waals surface area contributed by atoms with Gasteiger partial charge in [0.15, 0.2) is 0 Å². The van der Waals surface area contributed by atoms with Crippen LogP contribution >= 0.6 is 0 Å². The van der Waals surface area contributed by atoms with Gasteiger partial charge in [0.05, 0.1) is 7.11 Å². The lowest BCUT2D eigenvalue weighted by atomic mass is 10.2. The highest BCUT2D eigenvalue weighted by Gasteiger charge is 2.13. The number of carbonyl (C=O) groups excluding carboxylic acids is 1. The molecule has 0 atom stereocenters. The molecule has 6 heteroatoms. The molecule has 1 amide bonds. The monoisotopic (exact) mass is 295 g/mol. The number of methoxy groups -OCH3 is 1. The van der Waals surface area contributed by atoms with Gasteiger partial charge in [-0.2, -0.15) is 0 Å². The molecule has 0 bridgehead atoms. The summed E-state index contributed by atoms with van der Waals surface area (Å²) in [4.78, 5) is 28.7. The number of benzene rings is 1. The number of anilines is 1. The van der Waals surface area contributed by atoms with E-state index in [1.807, 2.05) is 0 Å².